The number of carboxylic acids is 4. The van der Waals surface area contributed by atoms with Crippen molar-refractivity contribution in [3.63, 3.8) is 0 Å². The number of carboxylic acid groups (broad SMARTS) is 4. The van der Waals surface area contributed by atoms with Crippen LogP contribution in [0.2, 0.25) is 0 Å². The molecule has 12 nitrogen and oxygen atoms in total. The van der Waals surface area contributed by atoms with E-state index in [9.17, 15) is 39.6 Å². The summed E-state index contributed by atoms with van der Waals surface area (Å²) in [6.07, 6.45) is 4.65. The second-order valence-electron chi connectivity index (χ2n) is 5.47. The molecule has 0 aliphatic heterocycles. The molecule has 0 spiro atoms. The summed E-state index contributed by atoms with van der Waals surface area (Å²) in [5.41, 5.74) is 0. The Morgan fingerprint density at radius 1 is 0.581 bits per heavy atom. The predicted octanol–water partition coefficient (Wildman–Crippen LogP) is -7.04. The van der Waals surface area contributed by atoms with Crippen molar-refractivity contribution < 1.29 is 76.8 Å². The minimum atomic E-state index is -1.44. The zero-order chi connectivity index (χ0) is 21.1. The number of hydrogen-bond donors (Lipinski definition) is 0. The molecule has 2 rings (SSSR count). The Hall–Kier alpha value is -3.38. The smallest absolute Gasteiger partial charge is 0.550 e. The number of nitrogens with zero attached hydrogens (tertiary/aromatic N) is 2. The van der Waals surface area contributed by atoms with Crippen LogP contribution in [0.3, 0.4) is 0 Å². The van der Waals surface area contributed by atoms with E-state index in [1.54, 1.807) is 36.4 Å². The zero-order valence-electron chi connectivity index (χ0n) is 16.0. The van der Waals surface area contributed by atoms with Gasteiger partial charge in [0.1, 0.15) is 11.9 Å². The molecule has 0 amide bonds. The number of pyridine rings is 2. The Labute approximate surface area is 187 Å². The van der Waals surface area contributed by atoms with Gasteiger partial charge in [-0.25, -0.2) is 0 Å². The van der Waals surface area contributed by atoms with Crippen LogP contribution in [0.1, 0.15) is 24.9 Å². The van der Waals surface area contributed by atoms with Crippen molar-refractivity contribution >= 4 is 23.9 Å². The van der Waals surface area contributed by atoms with E-state index >= 15 is 0 Å². The largest absolute Gasteiger partial charge is 2.00 e. The molecule has 6 N–H and O–H groups in total. The van der Waals surface area contributed by atoms with Gasteiger partial charge in [-0.05, 0) is 0 Å². The Balaban J connectivity index is -0.000000461. The van der Waals surface area contributed by atoms with Crippen LogP contribution in [0, 0.1) is 0 Å². The fourth-order valence-corrected chi connectivity index (χ4v) is 2.18. The number of carbonyl (C=O) groups excluding carboxylic acids is 4. The summed E-state index contributed by atoms with van der Waals surface area (Å²) in [5.74, 6) is -5.72. The molecule has 173 valence electrons. The predicted molar refractivity (Wildman–Crippen MR) is 90.4 cm³/mol. The quantitative estimate of drug-likeness (QED) is 0.195. The molecule has 31 heavy (non-hydrogen) atoms. The summed E-state index contributed by atoms with van der Waals surface area (Å²) in [7, 11) is 0. The van der Waals surface area contributed by atoms with Gasteiger partial charge in [0.25, 0.3) is 0 Å². The molecule has 0 aliphatic rings. The molecule has 0 saturated carbocycles. The van der Waals surface area contributed by atoms with Gasteiger partial charge in [-0.2, -0.15) is 9.13 Å². The molecule has 13 heteroatoms. The molecule has 0 aromatic carbocycles. The summed E-state index contributed by atoms with van der Waals surface area (Å²) in [4.78, 5) is 41.8. The van der Waals surface area contributed by atoms with E-state index in [1.165, 1.54) is 33.9 Å². The Morgan fingerprint density at radius 3 is 1.03 bits per heavy atom. The van der Waals surface area contributed by atoms with Crippen molar-refractivity contribution in [1.29, 1.82) is 0 Å². The van der Waals surface area contributed by atoms with Crippen molar-refractivity contribution in [2.45, 2.75) is 24.9 Å². The molecular weight excluding hydrogens is 468 g/mol. The van der Waals surface area contributed by atoms with Gasteiger partial charge >= 0.3 is 17.1 Å². The first-order valence-corrected chi connectivity index (χ1v) is 7.95. The molecule has 2 atom stereocenters. The van der Waals surface area contributed by atoms with Crippen LogP contribution in [0.25, 0.3) is 0 Å². The van der Waals surface area contributed by atoms with Crippen LogP contribution >= 0.6 is 0 Å². The van der Waals surface area contributed by atoms with E-state index in [4.69, 9.17) is 0 Å². The third-order valence-corrected chi connectivity index (χ3v) is 3.46. The summed E-state index contributed by atoms with van der Waals surface area (Å²) < 4.78 is 2.51. The molecule has 0 fully saturated rings. The van der Waals surface area contributed by atoms with Gasteiger partial charge in [-0.3, -0.25) is 0 Å². The summed E-state index contributed by atoms with van der Waals surface area (Å²) in [5, 5.41) is 41.8. The van der Waals surface area contributed by atoms with E-state index in [0.29, 0.717) is 0 Å². The fourth-order valence-electron chi connectivity index (χ4n) is 2.18. The first-order chi connectivity index (χ1) is 13.2. The molecular formula is C18H22CuN2O10+2. The number of carbonyl (C=O) groups is 4. The maximum atomic E-state index is 10.6. The maximum absolute atomic E-state index is 10.6. The Morgan fingerprint density at radius 2 is 0.839 bits per heavy atom. The summed E-state index contributed by atoms with van der Waals surface area (Å²) in [6.45, 7) is 0. The standard InChI is InChI=1S/2C9H9NO4.Cu.2H2O/c2*11-8(12)6-7(9(13)14)10-4-2-1-3-5-10;;;/h2*1-5,7H,6H2,(H-,11,12,13,14);;2*1H2/q;;+2;;/t2*7-;;;/m10.../s1. The normalized spacial score (nSPS) is 10.8. The zero-order valence-corrected chi connectivity index (χ0v) is 16.9. The van der Waals surface area contributed by atoms with Crippen molar-refractivity contribution in [3.05, 3.63) is 61.2 Å². The molecule has 0 unspecified atom stereocenters. The van der Waals surface area contributed by atoms with Gasteiger partial charge < -0.3 is 50.6 Å². The van der Waals surface area contributed by atoms with E-state index in [1.807, 2.05) is 0 Å². The molecule has 2 aromatic heterocycles. The minimum absolute atomic E-state index is 0. The van der Waals surface area contributed by atoms with Crippen LogP contribution in [-0.2, 0) is 47.2 Å². The minimum Gasteiger partial charge on any atom is -0.550 e. The number of hydrogen-bond acceptors (Lipinski definition) is 8. The Kier molecular flexibility index (Phi) is 17.1. The van der Waals surface area contributed by atoms with Crippen molar-refractivity contribution in [2.24, 2.45) is 0 Å². The van der Waals surface area contributed by atoms with Gasteiger partial charge in [0.05, 0.1) is 12.8 Å². The topological polar surface area (TPSA) is 234 Å². The average Bonchev–Trinajstić information content (AvgIpc) is 2.65. The third-order valence-electron chi connectivity index (χ3n) is 3.46. The van der Waals surface area contributed by atoms with Crippen LogP contribution in [0.15, 0.2) is 61.2 Å². The summed E-state index contributed by atoms with van der Waals surface area (Å²) in [6, 6.07) is 7.36. The second-order valence-corrected chi connectivity index (χ2v) is 5.47. The average molecular weight is 490 g/mol. The molecule has 0 saturated heterocycles. The second kappa shape index (κ2) is 16.4. The van der Waals surface area contributed by atoms with Gasteiger partial charge in [0, 0.05) is 36.2 Å². The number of rotatable bonds is 8. The third kappa shape index (κ3) is 12.0. The van der Waals surface area contributed by atoms with Crippen molar-refractivity contribution in [3.8, 4) is 0 Å². The molecule has 0 aliphatic carbocycles. The Bertz CT molecular complexity index is 751. The molecule has 2 heterocycles. The summed E-state index contributed by atoms with van der Waals surface area (Å²) >= 11 is 0. The van der Waals surface area contributed by atoms with Crippen molar-refractivity contribution in [1.82, 2.24) is 0 Å². The molecule has 0 bridgehead atoms. The number of aliphatic carboxylic acids is 4. The van der Waals surface area contributed by atoms with E-state index in [2.05, 4.69) is 0 Å². The monoisotopic (exact) mass is 489 g/mol. The number of aromatic nitrogens is 2. The van der Waals surface area contributed by atoms with Crippen LogP contribution in [-0.4, -0.2) is 23.9 Å². The molecule has 1 radical (unpaired) electrons. The van der Waals surface area contributed by atoms with E-state index in [-0.39, 0.29) is 28.0 Å². The van der Waals surface area contributed by atoms with Gasteiger partial charge in [-0.1, -0.05) is 12.1 Å². The molecule has 2 aromatic rings. The first kappa shape index (κ1) is 32.3. The first-order valence-electron chi connectivity index (χ1n) is 7.95. The fraction of sp³-hybridized carbons (Fsp3) is 0.222. The van der Waals surface area contributed by atoms with Crippen LogP contribution in [0.5, 0.6) is 0 Å². The van der Waals surface area contributed by atoms with E-state index in [0.717, 1.165) is 0 Å². The van der Waals surface area contributed by atoms with Crippen molar-refractivity contribution in [2.75, 3.05) is 0 Å². The van der Waals surface area contributed by atoms with Gasteiger partial charge in [-0.15, -0.1) is 0 Å². The van der Waals surface area contributed by atoms with Crippen LogP contribution in [0.4, 0.5) is 0 Å². The maximum Gasteiger partial charge on any atom is 2.00 e. The SMILES string of the molecule is O=C([O-])C[C@@H](C(=O)[O-])[n+]1ccccc1.O=C([O-])C[C@H](C(=O)[O-])[n+]1ccccc1.[Cu+2].[OH3+].[OH3+]. The van der Waals surface area contributed by atoms with Gasteiger partial charge in [0.2, 0.25) is 12.1 Å². The van der Waals surface area contributed by atoms with Crippen LogP contribution < -0.4 is 29.6 Å². The van der Waals surface area contributed by atoms with E-state index < -0.39 is 48.8 Å². The van der Waals surface area contributed by atoms with Gasteiger partial charge in [0.15, 0.2) is 24.8 Å².